The van der Waals surface area contributed by atoms with Gasteiger partial charge < -0.3 is 19.7 Å². The molecule has 2 atom stereocenters. The van der Waals surface area contributed by atoms with E-state index in [9.17, 15) is 4.79 Å². The number of nitrogens with one attached hydrogen (secondary N) is 1. The molecule has 0 spiro atoms. The number of piperidine rings is 1. The van der Waals surface area contributed by atoms with Crippen molar-refractivity contribution in [3.8, 4) is 5.75 Å². The van der Waals surface area contributed by atoms with Gasteiger partial charge in [-0.15, -0.1) is 24.0 Å². The van der Waals surface area contributed by atoms with Crippen molar-refractivity contribution in [2.45, 2.75) is 39.0 Å². The summed E-state index contributed by atoms with van der Waals surface area (Å²) in [5.74, 6) is 2.04. The molecule has 1 aromatic carbocycles. The normalized spacial score (nSPS) is 18.1. The number of ether oxygens (including phenoxy) is 2. The molecule has 0 saturated carbocycles. The first-order chi connectivity index (χ1) is 13.1. The third kappa shape index (κ3) is 7.14. The Morgan fingerprint density at radius 1 is 1.36 bits per heavy atom. The molecule has 2 rings (SSSR count). The van der Waals surface area contributed by atoms with Crippen LogP contribution in [0.25, 0.3) is 0 Å². The zero-order valence-electron chi connectivity index (χ0n) is 17.4. The van der Waals surface area contributed by atoms with Gasteiger partial charge in [-0.2, -0.15) is 0 Å². The summed E-state index contributed by atoms with van der Waals surface area (Å²) < 4.78 is 10.4. The Kier molecular flexibility index (Phi) is 11.3. The van der Waals surface area contributed by atoms with Crippen LogP contribution in [0.1, 0.15) is 44.6 Å². The molecule has 0 aromatic heterocycles. The van der Waals surface area contributed by atoms with Gasteiger partial charge in [0.05, 0.1) is 19.6 Å². The molecule has 0 radical (unpaired) electrons. The van der Waals surface area contributed by atoms with E-state index in [1.165, 1.54) is 5.56 Å². The lowest BCUT2D eigenvalue weighted by molar-refractivity contribution is -0.149. The van der Waals surface area contributed by atoms with Crippen molar-refractivity contribution in [2.24, 2.45) is 10.9 Å². The molecule has 28 heavy (non-hydrogen) atoms. The van der Waals surface area contributed by atoms with Gasteiger partial charge >= 0.3 is 5.97 Å². The average molecular weight is 503 g/mol. The highest BCUT2D eigenvalue weighted by atomic mass is 127. The summed E-state index contributed by atoms with van der Waals surface area (Å²) in [5, 5.41) is 3.45. The molecule has 6 nitrogen and oxygen atoms in total. The predicted octanol–water partition coefficient (Wildman–Crippen LogP) is 3.66. The van der Waals surface area contributed by atoms with E-state index in [0.29, 0.717) is 19.1 Å². The van der Waals surface area contributed by atoms with Gasteiger partial charge in [0.2, 0.25) is 0 Å². The Balaban J connectivity index is 0.00000392. The number of aliphatic imine (C=N–C) groups is 1. The number of rotatable bonds is 7. The van der Waals surface area contributed by atoms with Gasteiger partial charge in [0, 0.05) is 26.7 Å². The summed E-state index contributed by atoms with van der Waals surface area (Å²) in [7, 11) is 3.48. The number of carbonyl (C=O) groups is 1. The number of likely N-dealkylation sites (tertiary alicyclic amines) is 1. The minimum Gasteiger partial charge on any atom is -0.497 e. The lowest BCUT2D eigenvalue weighted by Gasteiger charge is -2.34. The number of carbonyl (C=O) groups excluding carboxylic acids is 1. The van der Waals surface area contributed by atoms with Crippen molar-refractivity contribution in [3.05, 3.63) is 29.8 Å². The summed E-state index contributed by atoms with van der Waals surface area (Å²) in [5.41, 5.74) is 1.30. The molecule has 1 fully saturated rings. The van der Waals surface area contributed by atoms with Crippen LogP contribution >= 0.6 is 24.0 Å². The third-order valence-corrected chi connectivity index (χ3v) is 5.10. The van der Waals surface area contributed by atoms with Crippen molar-refractivity contribution in [2.75, 3.05) is 40.4 Å². The number of hydrogen-bond donors (Lipinski definition) is 1. The molecule has 2 unspecified atom stereocenters. The Morgan fingerprint density at radius 2 is 2.07 bits per heavy atom. The van der Waals surface area contributed by atoms with Gasteiger partial charge in [-0.05, 0) is 49.8 Å². The quantitative estimate of drug-likeness (QED) is 0.267. The summed E-state index contributed by atoms with van der Waals surface area (Å²) >= 11 is 0. The van der Waals surface area contributed by atoms with E-state index in [4.69, 9.17) is 9.47 Å². The predicted molar refractivity (Wildman–Crippen MR) is 124 cm³/mol. The standard InChI is InChI=1S/C21H33N3O3.HI/c1-5-27-20(25)18-7-6-14-24(15-18)21(22-3)23-13-12-16(2)17-8-10-19(26-4)11-9-17;/h8-11,16,18H,5-7,12-15H2,1-4H3,(H,22,23);1H. The summed E-state index contributed by atoms with van der Waals surface area (Å²) in [6.45, 7) is 6.94. The van der Waals surface area contributed by atoms with Gasteiger partial charge in [-0.25, -0.2) is 0 Å². The van der Waals surface area contributed by atoms with Crippen molar-refractivity contribution < 1.29 is 14.3 Å². The van der Waals surface area contributed by atoms with Crippen molar-refractivity contribution in [3.63, 3.8) is 0 Å². The van der Waals surface area contributed by atoms with Gasteiger partial charge in [0.15, 0.2) is 5.96 Å². The fourth-order valence-corrected chi connectivity index (χ4v) is 3.45. The summed E-state index contributed by atoms with van der Waals surface area (Å²) in [6.07, 6.45) is 2.87. The lowest BCUT2D eigenvalue weighted by atomic mass is 9.97. The van der Waals surface area contributed by atoms with Crippen LogP contribution in [-0.4, -0.2) is 57.2 Å². The fraction of sp³-hybridized carbons (Fsp3) is 0.619. The number of halogens is 1. The second-order valence-electron chi connectivity index (χ2n) is 6.97. The second-order valence-corrected chi connectivity index (χ2v) is 6.97. The van der Waals surface area contributed by atoms with Crippen LogP contribution < -0.4 is 10.1 Å². The molecule has 0 amide bonds. The van der Waals surface area contributed by atoms with Crippen LogP contribution in [0.2, 0.25) is 0 Å². The number of nitrogens with zero attached hydrogens (tertiary/aromatic N) is 2. The molecule has 1 saturated heterocycles. The van der Waals surface area contributed by atoms with Gasteiger partial charge in [0.1, 0.15) is 5.75 Å². The van der Waals surface area contributed by atoms with Gasteiger partial charge in [-0.3, -0.25) is 9.79 Å². The first-order valence-corrected chi connectivity index (χ1v) is 9.85. The molecule has 1 aromatic rings. The smallest absolute Gasteiger partial charge is 0.310 e. The lowest BCUT2D eigenvalue weighted by Crippen LogP contribution is -2.48. The van der Waals surface area contributed by atoms with Crippen molar-refractivity contribution in [1.29, 1.82) is 0 Å². The first kappa shape index (κ1) is 24.5. The van der Waals surface area contributed by atoms with Crippen LogP contribution in [0.5, 0.6) is 5.75 Å². The molecule has 1 aliphatic heterocycles. The zero-order valence-corrected chi connectivity index (χ0v) is 19.8. The molecule has 1 aliphatic rings. The Bertz CT molecular complexity index is 622. The Hall–Kier alpha value is -1.51. The minimum atomic E-state index is -0.0919. The highest BCUT2D eigenvalue weighted by Crippen LogP contribution is 2.22. The molecule has 1 N–H and O–H groups in total. The average Bonchev–Trinajstić information content (AvgIpc) is 2.71. The van der Waals surface area contributed by atoms with Crippen molar-refractivity contribution >= 4 is 35.9 Å². The summed E-state index contributed by atoms with van der Waals surface area (Å²) in [4.78, 5) is 18.6. The van der Waals surface area contributed by atoms with Crippen LogP contribution in [0.3, 0.4) is 0 Å². The van der Waals surface area contributed by atoms with E-state index in [1.54, 1.807) is 14.2 Å². The zero-order chi connectivity index (χ0) is 19.6. The largest absolute Gasteiger partial charge is 0.497 e. The molecule has 1 heterocycles. The van der Waals surface area contributed by atoms with E-state index >= 15 is 0 Å². The Morgan fingerprint density at radius 3 is 2.68 bits per heavy atom. The number of esters is 1. The molecule has 7 heteroatoms. The Labute approximate surface area is 186 Å². The molecular formula is C21H34IN3O3. The monoisotopic (exact) mass is 503 g/mol. The molecule has 0 bridgehead atoms. The topological polar surface area (TPSA) is 63.2 Å². The SMILES string of the molecule is CCOC(=O)C1CCCN(C(=NC)NCCC(C)c2ccc(OC)cc2)C1.I. The number of guanidine groups is 1. The van der Waals surface area contributed by atoms with Crippen LogP contribution in [-0.2, 0) is 9.53 Å². The molecule has 158 valence electrons. The van der Waals surface area contributed by atoms with Crippen LogP contribution in [0.4, 0.5) is 0 Å². The maximum Gasteiger partial charge on any atom is 0.310 e. The highest BCUT2D eigenvalue weighted by Gasteiger charge is 2.28. The van der Waals surface area contributed by atoms with Gasteiger partial charge in [0.25, 0.3) is 0 Å². The van der Waals surface area contributed by atoms with Crippen LogP contribution in [0.15, 0.2) is 29.3 Å². The van der Waals surface area contributed by atoms with E-state index in [2.05, 4.69) is 34.3 Å². The molecular weight excluding hydrogens is 469 g/mol. The first-order valence-electron chi connectivity index (χ1n) is 9.85. The number of methoxy groups -OCH3 is 1. The van der Waals surface area contributed by atoms with Gasteiger partial charge in [-0.1, -0.05) is 19.1 Å². The van der Waals surface area contributed by atoms with E-state index in [-0.39, 0.29) is 35.9 Å². The maximum atomic E-state index is 12.0. The van der Waals surface area contributed by atoms with E-state index in [0.717, 1.165) is 44.1 Å². The minimum absolute atomic E-state index is 0. The summed E-state index contributed by atoms with van der Waals surface area (Å²) in [6, 6.07) is 8.24. The molecule has 0 aliphatic carbocycles. The van der Waals surface area contributed by atoms with Crippen LogP contribution in [0, 0.1) is 5.92 Å². The van der Waals surface area contributed by atoms with E-state index in [1.807, 2.05) is 19.1 Å². The highest BCUT2D eigenvalue weighted by molar-refractivity contribution is 14.0. The number of hydrogen-bond acceptors (Lipinski definition) is 4. The maximum absolute atomic E-state index is 12.0. The number of benzene rings is 1. The third-order valence-electron chi connectivity index (χ3n) is 5.10. The van der Waals surface area contributed by atoms with Crippen molar-refractivity contribution in [1.82, 2.24) is 10.2 Å². The fourth-order valence-electron chi connectivity index (χ4n) is 3.45. The second kappa shape index (κ2) is 12.9. The van der Waals surface area contributed by atoms with E-state index < -0.39 is 0 Å².